The minimum Gasteiger partial charge on any atom is -0.480 e. The second-order valence-corrected chi connectivity index (χ2v) is 12.9. The van der Waals surface area contributed by atoms with E-state index in [4.69, 9.17) is 32.7 Å². The fraction of sp³-hybridized carbons (Fsp3) is 0.211. The van der Waals surface area contributed by atoms with Crippen LogP contribution < -0.4 is 20.1 Å². The van der Waals surface area contributed by atoms with Crippen molar-refractivity contribution < 1.29 is 48.5 Å². The highest BCUT2D eigenvalue weighted by atomic mass is 35.5. The number of carboxylic acid groups (broad SMARTS) is 2. The number of hydrogen-bond donors (Lipinski definition) is 4. The summed E-state index contributed by atoms with van der Waals surface area (Å²) in [4.78, 5) is 77.4. The topological polar surface area (TPSA) is 192 Å². The maximum Gasteiger partial charge on any atom is 0.415 e. The quantitative estimate of drug-likeness (QED) is 0.149. The molecule has 1 heterocycles. The van der Waals surface area contributed by atoms with Gasteiger partial charge >= 0.3 is 24.1 Å². The molecule has 0 aromatic heterocycles. The predicted octanol–water partition coefficient (Wildman–Crippen LogP) is 5.16. The summed E-state index contributed by atoms with van der Waals surface area (Å²) in [6, 6.07) is 22.5. The van der Waals surface area contributed by atoms with E-state index in [0.717, 1.165) is 0 Å². The summed E-state index contributed by atoms with van der Waals surface area (Å²) in [5, 5.41) is 24.7. The smallest absolute Gasteiger partial charge is 0.415 e. The van der Waals surface area contributed by atoms with Crippen LogP contribution in [0.5, 0.6) is 11.5 Å². The molecule has 4 N–H and O–H groups in total. The number of halogens is 2. The number of piperazine rings is 1. The van der Waals surface area contributed by atoms with Gasteiger partial charge in [-0.1, -0.05) is 71.7 Å². The average Bonchev–Trinajstić information content (AvgIpc) is 3.16. The predicted molar refractivity (Wildman–Crippen MR) is 196 cm³/mol. The first kappa shape index (κ1) is 39.1. The van der Waals surface area contributed by atoms with Crippen LogP contribution >= 0.6 is 23.2 Å². The molecule has 4 amide bonds. The number of amides is 4. The molecule has 0 saturated carbocycles. The van der Waals surface area contributed by atoms with Gasteiger partial charge in [-0.05, 0) is 59.7 Å². The van der Waals surface area contributed by atoms with Gasteiger partial charge in [0.05, 0.1) is 21.2 Å². The van der Waals surface area contributed by atoms with E-state index in [1.54, 1.807) is 48.5 Å². The fourth-order valence-electron chi connectivity index (χ4n) is 5.42. The molecule has 1 fully saturated rings. The molecule has 1 saturated heterocycles. The molecular weight excluding hydrogens is 743 g/mol. The number of ether oxygens (including phenoxy) is 2. The highest BCUT2D eigenvalue weighted by molar-refractivity contribution is 6.34. The third kappa shape index (κ3) is 10.5. The monoisotopic (exact) mass is 776 g/mol. The molecule has 54 heavy (non-hydrogen) atoms. The Labute approximate surface area is 319 Å². The van der Waals surface area contributed by atoms with Crippen molar-refractivity contribution >= 4 is 59.1 Å². The van der Waals surface area contributed by atoms with Crippen LogP contribution in [0.3, 0.4) is 0 Å². The third-order valence-corrected chi connectivity index (χ3v) is 9.04. The van der Waals surface area contributed by atoms with Crippen LogP contribution in [0.15, 0.2) is 97.1 Å². The van der Waals surface area contributed by atoms with Gasteiger partial charge in [-0.3, -0.25) is 9.59 Å². The second kappa shape index (κ2) is 18.1. The van der Waals surface area contributed by atoms with Gasteiger partial charge in [0.2, 0.25) is 0 Å². The van der Waals surface area contributed by atoms with Gasteiger partial charge in [-0.25, -0.2) is 19.2 Å². The van der Waals surface area contributed by atoms with Crippen molar-refractivity contribution in [1.29, 1.82) is 0 Å². The molecule has 280 valence electrons. The zero-order valence-corrected chi connectivity index (χ0v) is 30.0. The third-order valence-electron chi connectivity index (χ3n) is 8.38. The number of rotatable bonds is 12. The van der Waals surface area contributed by atoms with E-state index in [-0.39, 0.29) is 71.7 Å². The summed E-state index contributed by atoms with van der Waals surface area (Å²) in [6.07, 6.45) is -1.33. The van der Waals surface area contributed by atoms with E-state index in [9.17, 15) is 39.0 Å². The molecule has 1 aliphatic heterocycles. The van der Waals surface area contributed by atoms with Crippen molar-refractivity contribution in [1.82, 2.24) is 20.4 Å². The molecule has 0 bridgehead atoms. The van der Waals surface area contributed by atoms with Gasteiger partial charge in [0.15, 0.2) is 0 Å². The SMILES string of the molecule is O=C(NC(Cc1ccc(OC(=O)N2CCN(C(=O)Oc3ccc(C[C@H](NC(=O)c4ccccc4Cl)C(=O)O)cc3)CC2)cc1)C(=O)O)c1ccccc1Cl. The first-order valence-electron chi connectivity index (χ1n) is 16.6. The lowest BCUT2D eigenvalue weighted by atomic mass is 10.1. The Kier molecular flexibility index (Phi) is 13.1. The van der Waals surface area contributed by atoms with Gasteiger partial charge in [0.25, 0.3) is 11.8 Å². The lowest BCUT2D eigenvalue weighted by Gasteiger charge is -2.33. The first-order chi connectivity index (χ1) is 25.9. The molecule has 1 aliphatic rings. The van der Waals surface area contributed by atoms with Crippen LogP contribution in [-0.4, -0.2) is 94.2 Å². The van der Waals surface area contributed by atoms with Crippen LogP contribution in [0.25, 0.3) is 0 Å². The maximum atomic E-state index is 12.8. The highest BCUT2D eigenvalue weighted by Crippen LogP contribution is 2.20. The van der Waals surface area contributed by atoms with E-state index < -0.39 is 48.0 Å². The summed E-state index contributed by atoms with van der Waals surface area (Å²) in [6.45, 7) is 0.694. The van der Waals surface area contributed by atoms with E-state index in [2.05, 4.69) is 10.6 Å². The molecule has 4 aromatic rings. The van der Waals surface area contributed by atoms with E-state index in [0.29, 0.717) is 11.1 Å². The fourth-order valence-corrected chi connectivity index (χ4v) is 5.87. The molecule has 5 rings (SSSR count). The average molecular weight is 778 g/mol. The summed E-state index contributed by atoms with van der Waals surface area (Å²) < 4.78 is 11.0. The van der Waals surface area contributed by atoms with Crippen molar-refractivity contribution in [2.45, 2.75) is 24.9 Å². The first-order valence-corrected chi connectivity index (χ1v) is 17.3. The normalized spacial score (nSPS) is 13.6. The summed E-state index contributed by atoms with van der Waals surface area (Å²) in [5.74, 6) is -3.26. The standard InChI is InChI=1S/C38H34Cl2N4O10/c39-29-7-3-1-5-27(29)33(45)41-31(35(47)48)21-23-9-13-25(14-10-23)53-37(51)43-17-19-44(20-18-43)38(52)54-26-15-11-24(12-16-26)22-32(36(49)50)42-34(46)28-6-2-4-8-30(28)40/h1-16,31-32H,17-22H2,(H,41,45)(H,42,46)(H,47,48)(H,49,50)/t31-,32?/m0/s1. The molecule has 0 radical (unpaired) electrons. The number of nitrogens with one attached hydrogen (secondary N) is 2. The van der Waals surface area contributed by atoms with Crippen LogP contribution in [0.1, 0.15) is 31.8 Å². The van der Waals surface area contributed by atoms with Gasteiger partial charge in [0.1, 0.15) is 23.6 Å². The zero-order valence-electron chi connectivity index (χ0n) is 28.4. The van der Waals surface area contributed by atoms with Crippen LogP contribution in [0.2, 0.25) is 10.0 Å². The van der Waals surface area contributed by atoms with Crippen molar-refractivity contribution in [3.63, 3.8) is 0 Å². The van der Waals surface area contributed by atoms with Crippen molar-refractivity contribution in [2.24, 2.45) is 0 Å². The minimum absolute atomic E-state index is 0.0297. The second-order valence-electron chi connectivity index (χ2n) is 12.1. The molecule has 0 aliphatic carbocycles. The van der Waals surface area contributed by atoms with Crippen molar-refractivity contribution in [3.05, 3.63) is 129 Å². The largest absolute Gasteiger partial charge is 0.480 e. The molecule has 4 aromatic carbocycles. The van der Waals surface area contributed by atoms with Gasteiger partial charge in [-0.2, -0.15) is 0 Å². The van der Waals surface area contributed by atoms with Gasteiger partial charge < -0.3 is 40.1 Å². The Hall–Kier alpha value is -6.12. The number of carbonyl (C=O) groups excluding carboxylic acids is 4. The van der Waals surface area contributed by atoms with Crippen LogP contribution in [-0.2, 0) is 22.4 Å². The minimum atomic E-state index is -1.23. The summed E-state index contributed by atoms with van der Waals surface area (Å²) >= 11 is 12.1. The van der Waals surface area contributed by atoms with Crippen molar-refractivity contribution in [2.75, 3.05) is 26.2 Å². The van der Waals surface area contributed by atoms with E-state index >= 15 is 0 Å². The highest BCUT2D eigenvalue weighted by Gasteiger charge is 2.28. The lowest BCUT2D eigenvalue weighted by Crippen LogP contribution is -2.52. The number of carboxylic acids is 2. The van der Waals surface area contributed by atoms with Crippen LogP contribution in [0, 0.1) is 0 Å². The maximum absolute atomic E-state index is 12.8. The number of aliphatic carboxylic acids is 2. The van der Waals surface area contributed by atoms with E-state index in [1.165, 1.54) is 58.3 Å². The van der Waals surface area contributed by atoms with Crippen LogP contribution in [0.4, 0.5) is 9.59 Å². The summed E-state index contributed by atoms with van der Waals surface area (Å²) in [7, 11) is 0. The molecule has 2 atom stereocenters. The number of nitrogens with zero attached hydrogens (tertiary/aromatic N) is 2. The zero-order chi connectivity index (χ0) is 38.8. The molecule has 0 spiro atoms. The molecule has 16 heteroatoms. The number of hydrogen-bond acceptors (Lipinski definition) is 8. The van der Waals surface area contributed by atoms with E-state index in [1.807, 2.05) is 0 Å². The molecule has 1 unspecified atom stereocenters. The Morgan fingerprint density at radius 1 is 0.556 bits per heavy atom. The van der Waals surface area contributed by atoms with Gasteiger partial charge in [-0.15, -0.1) is 0 Å². The summed E-state index contributed by atoms with van der Waals surface area (Å²) in [5.41, 5.74) is 1.46. The number of benzene rings is 4. The molecule has 14 nitrogen and oxygen atoms in total. The Morgan fingerprint density at radius 2 is 0.889 bits per heavy atom. The van der Waals surface area contributed by atoms with Gasteiger partial charge in [0, 0.05) is 39.0 Å². The Balaban J connectivity index is 1.06. The van der Waals surface area contributed by atoms with Crippen molar-refractivity contribution in [3.8, 4) is 11.5 Å². The number of carbonyl (C=O) groups is 6. The Bertz CT molecular complexity index is 1870. The lowest BCUT2D eigenvalue weighted by molar-refractivity contribution is -0.140. The molecular formula is C38H34Cl2N4O10. The Morgan fingerprint density at radius 3 is 1.20 bits per heavy atom.